The summed E-state index contributed by atoms with van der Waals surface area (Å²) in [6, 6.07) is 1.94. The van der Waals surface area contributed by atoms with E-state index in [4.69, 9.17) is 5.73 Å². The maximum absolute atomic E-state index is 10.8. The first-order chi connectivity index (χ1) is 9.15. The number of nitro benzene ring substituents is 1. The lowest BCUT2D eigenvalue weighted by atomic mass is 10.1. The zero-order valence-electron chi connectivity index (χ0n) is 9.36. The van der Waals surface area contributed by atoms with E-state index in [2.05, 4.69) is 0 Å². The zero-order chi connectivity index (χ0) is 15.7. The van der Waals surface area contributed by atoms with Crippen molar-refractivity contribution in [2.24, 2.45) is 0 Å². The van der Waals surface area contributed by atoms with Crippen molar-refractivity contribution in [2.75, 3.05) is 5.73 Å². The Labute approximate surface area is 108 Å². The third-order valence-corrected chi connectivity index (χ3v) is 2.34. The quantitative estimate of drug-likeness (QED) is 0.337. The zero-order valence-corrected chi connectivity index (χ0v) is 9.36. The number of rotatable bonds is 5. The molecule has 0 amide bonds. The highest BCUT2D eigenvalue weighted by Gasteiger charge is 2.75. The summed E-state index contributed by atoms with van der Waals surface area (Å²) in [5.41, 5.74) is 2.51. The molecule has 0 atom stereocenters. The van der Waals surface area contributed by atoms with Crippen LogP contribution in [0.3, 0.4) is 0 Å². The molecule has 0 aliphatic carbocycles. The van der Waals surface area contributed by atoms with E-state index in [1.165, 1.54) is 0 Å². The molecule has 0 saturated heterocycles. The smallest absolute Gasteiger partial charge is 0.399 e. The predicted molar refractivity (Wildman–Crippen MR) is 60.2 cm³/mol. The maximum Gasteiger partial charge on any atom is 0.735 e. The molecule has 0 aromatic heterocycles. The molecule has 1 aromatic carbocycles. The first-order valence-electron chi connectivity index (χ1n) is 4.63. The standard InChI is InChI=1S/C7H5N5O8/c8-4-1-2-5(6(3-4)9(13)14)7(10(15)16,11(17)18)12(19)20/h1-3H,8H2. The monoisotopic (exact) mass is 287 g/mol. The van der Waals surface area contributed by atoms with Gasteiger partial charge in [-0.25, -0.2) is 0 Å². The van der Waals surface area contributed by atoms with Crippen molar-refractivity contribution >= 4 is 11.4 Å². The number of nitrogens with two attached hydrogens (primary N) is 1. The highest BCUT2D eigenvalue weighted by Crippen LogP contribution is 2.34. The lowest BCUT2D eigenvalue weighted by molar-refractivity contribution is -0.986. The number of nitro groups is 4. The molecule has 106 valence electrons. The fourth-order valence-electron chi connectivity index (χ4n) is 1.48. The van der Waals surface area contributed by atoms with Gasteiger partial charge in [-0.1, -0.05) is 0 Å². The molecule has 0 aliphatic rings. The van der Waals surface area contributed by atoms with Gasteiger partial charge in [0.2, 0.25) is 0 Å². The fourth-order valence-corrected chi connectivity index (χ4v) is 1.48. The van der Waals surface area contributed by atoms with Crippen LogP contribution in [0, 0.1) is 40.5 Å². The van der Waals surface area contributed by atoms with Gasteiger partial charge in [-0.3, -0.25) is 40.5 Å². The fraction of sp³-hybridized carbons (Fsp3) is 0.143. The summed E-state index contributed by atoms with van der Waals surface area (Å²) in [5.74, 6) is -4.07. The van der Waals surface area contributed by atoms with Crippen LogP contribution >= 0.6 is 0 Å². The summed E-state index contributed by atoms with van der Waals surface area (Å²) in [6.45, 7) is 0. The Kier molecular flexibility index (Phi) is 3.46. The summed E-state index contributed by atoms with van der Waals surface area (Å²) in [5, 5.41) is 43.3. The number of hydrogen-bond acceptors (Lipinski definition) is 9. The Morgan fingerprint density at radius 2 is 1.35 bits per heavy atom. The van der Waals surface area contributed by atoms with Gasteiger partial charge in [0.1, 0.15) is 0 Å². The molecule has 0 fully saturated rings. The Hall–Kier alpha value is -3.38. The minimum absolute atomic E-state index is 0.232. The van der Waals surface area contributed by atoms with Gasteiger partial charge in [-0.05, 0) is 12.1 Å². The molecule has 0 bridgehead atoms. The summed E-state index contributed by atoms with van der Waals surface area (Å²) in [4.78, 5) is 36.6. The van der Waals surface area contributed by atoms with Crippen LogP contribution in [-0.2, 0) is 5.79 Å². The molecule has 0 heterocycles. The largest absolute Gasteiger partial charge is 0.735 e. The number of hydrogen-bond donors (Lipinski definition) is 1. The average molecular weight is 287 g/mol. The maximum atomic E-state index is 10.8. The lowest BCUT2D eigenvalue weighted by Crippen LogP contribution is -2.50. The third kappa shape index (κ3) is 1.92. The highest BCUT2D eigenvalue weighted by atomic mass is 16.7. The van der Waals surface area contributed by atoms with Crippen LogP contribution in [0.25, 0.3) is 0 Å². The van der Waals surface area contributed by atoms with Crippen molar-refractivity contribution in [1.29, 1.82) is 0 Å². The van der Waals surface area contributed by atoms with E-state index < -0.39 is 36.7 Å². The SMILES string of the molecule is Nc1ccc(C([N+](=O)[O-])([N+](=O)[O-])[N+](=O)[O-])c([N+](=O)[O-])c1. The molecule has 0 saturated carbocycles. The van der Waals surface area contributed by atoms with Gasteiger partial charge in [-0.15, -0.1) is 0 Å². The van der Waals surface area contributed by atoms with Crippen molar-refractivity contribution in [3.8, 4) is 0 Å². The number of nitrogen functional groups attached to an aromatic ring is 1. The molecule has 1 aromatic rings. The van der Waals surface area contributed by atoms with E-state index in [1.807, 2.05) is 0 Å². The Balaban J connectivity index is 3.84. The van der Waals surface area contributed by atoms with Crippen molar-refractivity contribution < 1.29 is 19.7 Å². The molecular weight excluding hydrogens is 282 g/mol. The van der Waals surface area contributed by atoms with Gasteiger partial charge >= 0.3 is 5.79 Å². The molecule has 13 nitrogen and oxygen atoms in total. The summed E-state index contributed by atoms with van der Waals surface area (Å²) in [6.07, 6.45) is 0. The summed E-state index contributed by atoms with van der Waals surface area (Å²) in [7, 11) is 0. The lowest BCUT2D eigenvalue weighted by Gasteiger charge is -2.09. The number of anilines is 1. The number of nitrogens with zero attached hydrogens (tertiary/aromatic N) is 4. The van der Waals surface area contributed by atoms with Crippen LogP contribution < -0.4 is 5.73 Å². The van der Waals surface area contributed by atoms with Gasteiger partial charge in [0.15, 0.2) is 14.8 Å². The summed E-state index contributed by atoms with van der Waals surface area (Å²) >= 11 is 0. The van der Waals surface area contributed by atoms with Crippen LogP contribution in [-0.4, -0.2) is 19.7 Å². The predicted octanol–water partition coefficient (Wildman–Crippen LogP) is 0.117. The molecule has 2 N–H and O–H groups in total. The average Bonchev–Trinajstić information content (AvgIpc) is 2.29. The van der Waals surface area contributed by atoms with Crippen LogP contribution in [0.5, 0.6) is 0 Å². The molecule has 0 unspecified atom stereocenters. The van der Waals surface area contributed by atoms with E-state index in [0.717, 1.165) is 6.07 Å². The van der Waals surface area contributed by atoms with Gasteiger partial charge in [0.05, 0.1) is 4.92 Å². The van der Waals surface area contributed by atoms with E-state index in [1.54, 1.807) is 0 Å². The molecule has 0 aliphatic heterocycles. The van der Waals surface area contributed by atoms with Crippen LogP contribution in [0.4, 0.5) is 11.4 Å². The van der Waals surface area contributed by atoms with Crippen LogP contribution in [0.15, 0.2) is 18.2 Å². The molecule has 13 heteroatoms. The molecular formula is C7H5N5O8. The second-order valence-corrected chi connectivity index (χ2v) is 3.44. The van der Waals surface area contributed by atoms with Crippen LogP contribution in [0.2, 0.25) is 0 Å². The van der Waals surface area contributed by atoms with E-state index >= 15 is 0 Å². The molecule has 20 heavy (non-hydrogen) atoms. The summed E-state index contributed by atoms with van der Waals surface area (Å²) < 4.78 is 0. The van der Waals surface area contributed by atoms with Crippen molar-refractivity contribution in [2.45, 2.75) is 5.79 Å². The van der Waals surface area contributed by atoms with Crippen molar-refractivity contribution in [1.82, 2.24) is 0 Å². The van der Waals surface area contributed by atoms with Gasteiger partial charge in [0.25, 0.3) is 11.3 Å². The van der Waals surface area contributed by atoms with E-state index in [-0.39, 0.29) is 5.69 Å². The molecule has 0 radical (unpaired) electrons. The van der Waals surface area contributed by atoms with Crippen molar-refractivity contribution in [3.05, 3.63) is 64.2 Å². The second-order valence-electron chi connectivity index (χ2n) is 3.44. The molecule has 1 rings (SSSR count). The first-order valence-corrected chi connectivity index (χ1v) is 4.63. The molecule has 0 spiro atoms. The number of benzene rings is 1. The van der Waals surface area contributed by atoms with E-state index in [0.29, 0.717) is 12.1 Å². The van der Waals surface area contributed by atoms with Gasteiger partial charge < -0.3 is 5.73 Å². The Bertz CT molecular complexity index is 592. The first kappa shape index (κ1) is 14.7. The van der Waals surface area contributed by atoms with Crippen LogP contribution in [0.1, 0.15) is 5.56 Å². The third-order valence-electron chi connectivity index (χ3n) is 2.34. The topological polar surface area (TPSA) is 199 Å². The van der Waals surface area contributed by atoms with Gasteiger partial charge in [0, 0.05) is 11.8 Å². The minimum Gasteiger partial charge on any atom is -0.399 e. The van der Waals surface area contributed by atoms with Gasteiger partial charge in [-0.2, -0.15) is 0 Å². The Morgan fingerprint density at radius 3 is 1.70 bits per heavy atom. The second kappa shape index (κ2) is 4.71. The minimum atomic E-state index is -4.07. The Morgan fingerprint density at radius 1 is 0.900 bits per heavy atom. The normalized spacial score (nSPS) is 10.8. The van der Waals surface area contributed by atoms with Crippen molar-refractivity contribution in [3.63, 3.8) is 0 Å². The highest BCUT2D eigenvalue weighted by molar-refractivity contribution is 5.53. The van der Waals surface area contributed by atoms with E-state index in [9.17, 15) is 40.5 Å².